The van der Waals surface area contributed by atoms with Crippen molar-refractivity contribution in [3.63, 3.8) is 0 Å². The summed E-state index contributed by atoms with van der Waals surface area (Å²) in [6, 6.07) is 12.8. The summed E-state index contributed by atoms with van der Waals surface area (Å²) >= 11 is 6.41. The van der Waals surface area contributed by atoms with Gasteiger partial charge in [0.25, 0.3) is 5.56 Å². The predicted octanol–water partition coefficient (Wildman–Crippen LogP) is 2.90. The van der Waals surface area contributed by atoms with E-state index in [0.29, 0.717) is 60.8 Å². The third-order valence-corrected chi connectivity index (χ3v) is 8.05. The Morgan fingerprint density at radius 2 is 1.83 bits per heavy atom. The number of benzene rings is 2. The number of aryl methyl sites for hydroxylation is 1. The van der Waals surface area contributed by atoms with Gasteiger partial charge in [0.1, 0.15) is 5.52 Å². The van der Waals surface area contributed by atoms with E-state index < -0.39 is 11.6 Å². The molecular weight excluding hydrogens is 560 g/mol. The van der Waals surface area contributed by atoms with Gasteiger partial charge in [-0.2, -0.15) is 5.10 Å². The standard InChI is InChI=1S/C30H33ClN6O5/c1-19(38)32-15-20-4-6-21(7-5-20)27-25-26(34-35(27)2)28(39)37(18-33-25)17-30(41)10-12-36(13-11-30)16-23-9-8-22(14-24(23)31)29(40)42-3/h4-9,14,18,41H,10-13,15-17H2,1-3H3,(H,32,38). The van der Waals surface area contributed by atoms with Crippen LogP contribution in [-0.2, 0) is 36.2 Å². The van der Waals surface area contributed by atoms with Gasteiger partial charge in [0, 0.05) is 50.7 Å². The van der Waals surface area contributed by atoms with E-state index in [1.807, 2.05) is 30.3 Å². The molecule has 42 heavy (non-hydrogen) atoms. The molecule has 1 aliphatic heterocycles. The van der Waals surface area contributed by atoms with Crippen molar-refractivity contribution >= 4 is 34.5 Å². The Bertz CT molecular complexity index is 1690. The number of rotatable bonds is 8. The maximum Gasteiger partial charge on any atom is 0.337 e. The lowest BCUT2D eigenvalue weighted by molar-refractivity contribution is -0.119. The predicted molar refractivity (Wildman–Crippen MR) is 158 cm³/mol. The van der Waals surface area contributed by atoms with Gasteiger partial charge in [-0.25, -0.2) is 9.78 Å². The zero-order valence-electron chi connectivity index (χ0n) is 23.8. The number of aliphatic hydroxyl groups is 1. The van der Waals surface area contributed by atoms with Gasteiger partial charge in [0.05, 0.1) is 36.8 Å². The van der Waals surface area contributed by atoms with Crippen LogP contribution in [0.4, 0.5) is 0 Å². The van der Waals surface area contributed by atoms with Crippen molar-refractivity contribution in [3.05, 3.63) is 80.9 Å². The Balaban J connectivity index is 1.27. The molecule has 11 nitrogen and oxygen atoms in total. The lowest BCUT2D eigenvalue weighted by Gasteiger charge is -2.38. The van der Waals surface area contributed by atoms with E-state index in [-0.39, 0.29) is 23.5 Å². The average Bonchev–Trinajstić information content (AvgIpc) is 3.32. The van der Waals surface area contributed by atoms with Crippen molar-refractivity contribution in [2.24, 2.45) is 7.05 Å². The van der Waals surface area contributed by atoms with Gasteiger partial charge >= 0.3 is 5.97 Å². The number of nitrogens with zero attached hydrogens (tertiary/aromatic N) is 5. The van der Waals surface area contributed by atoms with Crippen LogP contribution in [0.1, 0.15) is 41.3 Å². The number of ether oxygens (including phenoxy) is 1. The van der Waals surface area contributed by atoms with E-state index in [1.165, 1.54) is 24.9 Å². The van der Waals surface area contributed by atoms with E-state index in [2.05, 4.69) is 20.3 Å². The quantitative estimate of drug-likeness (QED) is 0.299. The molecule has 5 rings (SSSR count). The van der Waals surface area contributed by atoms with Crippen LogP contribution in [0.2, 0.25) is 5.02 Å². The number of carbonyl (C=O) groups is 2. The molecule has 2 N–H and O–H groups in total. The van der Waals surface area contributed by atoms with Gasteiger partial charge in [-0.1, -0.05) is 41.9 Å². The van der Waals surface area contributed by atoms with Crippen LogP contribution in [0, 0.1) is 0 Å². The second-order valence-electron chi connectivity index (χ2n) is 10.8. The number of methoxy groups -OCH3 is 1. The van der Waals surface area contributed by atoms with E-state index in [0.717, 1.165) is 16.7 Å². The largest absolute Gasteiger partial charge is 0.465 e. The number of halogens is 1. The molecule has 0 bridgehead atoms. The Morgan fingerprint density at radius 1 is 1.12 bits per heavy atom. The fourth-order valence-corrected chi connectivity index (χ4v) is 5.54. The molecule has 4 aromatic rings. The Morgan fingerprint density at radius 3 is 2.48 bits per heavy atom. The third-order valence-electron chi connectivity index (χ3n) is 7.70. The van der Waals surface area contributed by atoms with Gasteiger partial charge < -0.3 is 15.2 Å². The third kappa shape index (κ3) is 6.23. The van der Waals surface area contributed by atoms with Crippen LogP contribution in [0.15, 0.2) is 53.6 Å². The molecule has 3 heterocycles. The van der Waals surface area contributed by atoms with Crippen LogP contribution in [0.5, 0.6) is 0 Å². The van der Waals surface area contributed by atoms with Gasteiger partial charge in [-0.3, -0.25) is 23.7 Å². The zero-order valence-corrected chi connectivity index (χ0v) is 24.5. The van der Waals surface area contributed by atoms with Gasteiger partial charge in [-0.15, -0.1) is 0 Å². The second-order valence-corrected chi connectivity index (χ2v) is 11.2. The molecule has 0 radical (unpaired) electrons. The highest BCUT2D eigenvalue weighted by atomic mass is 35.5. The van der Waals surface area contributed by atoms with Gasteiger partial charge in [0.15, 0.2) is 5.52 Å². The lowest BCUT2D eigenvalue weighted by Crippen LogP contribution is -2.47. The molecule has 0 aliphatic carbocycles. The SMILES string of the molecule is COC(=O)c1ccc(CN2CCC(O)(Cn3cnc4c(-c5ccc(CNC(C)=O)cc5)n(C)nc4c3=O)CC2)c(Cl)c1. The molecular formula is C30H33ClN6O5. The molecule has 0 spiro atoms. The second kappa shape index (κ2) is 12.0. The number of fused-ring (bicyclic) bond motifs is 1. The highest BCUT2D eigenvalue weighted by Gasteiger charge is 2.33. The van der Waals surface area contributed by atoms with Crippen molar-refractivity contribution < 1.29 is 19.4 Å². The van der Waals surface area contributed by atoms with Crippen molar-refractivity contribution in [2.45, 2.75) is 45.0 Å². The van der Waals surface area contributed by atoms with Crippen LogP contribution >= 0.6 is 11.6 Å². The molecule has 2 aromatic heterocycles. The highest BCUT2D eigenvalue weighted by Crippen LogP contribution is 2.28. The van der Waals surface area contributed by atoms with Crippen molar-refractivity contribution in [2.75, 3.05) is 20.2 Å². The lowest BCUT2D eigenvalue weighted by atomic mass is 9.91. The van der Waals surface area contributed by atoms with E-state index in [4.69, 9.17) is 16.3 Å². The molecule has 1 saturated heterocycles. The molecule has 1 amide bonds. The van der Waals surface area contributed by atoms with Crippen molar-refractivity contribution in [1.82, 2.24) is 29.5 Å². The molecule has 220 valence electrons. The topological polar surface area (TPSA) is 132 Å². The van der Waals surface area contributed by atoms with E-state index >= 15 is 0 Å². The first-order valence-electron chi connectivity index (χ1n) is 13.6. The van der Waals surface area contributed by atoms with E-state index in [1.54, 1.807) is 23.9 Å². The maximum atomic E-state index is 13.4. The summed E-state index contributed by atoms with van der Waals surface area (Å²) in [5.41, 5.74) is 3.14. The fourth-order valence-electron chi connectivity index (χ4n) is 5.30. The minimum absolute atomic E-state index is 0.0961. The number of aromatic nitrogens is 4. The van der Waals surface area contributed by atoms with E-state index in [9.17, 15) is 19.5 Å². The average molecular weight is 593 g/mol. The minimum Gasteiger partial charge on any atom is -0.465 e. The summed E-state index contributed by atoms with van der Waals surface area (Å²) in [5.74, 6) is -0.536. The summed E-state index contributed by atoms with van der Waals surface area (Å²) in [5, 5.41) is 19.1. The summed E-state index contributed by atoms with van der Waals surface area (Å²) in [6.45, 7) is 3.82. The van der Waals surface area contributed by atoms with Gasteiger partial charge in [0.2, 0.25) is 5.91 Å². The fraction of sp³-hybridized carbons (Fsp3) is 0.367. The molecule has 0 unspecified atom stereocenters. The monoisotopic (exact) mass is 592 g/mol. The first-order valence-corrected chi connectivity index (χ1v) is 14.0. The van der Waals surface area contributed by atoms with Crippen LogP contribution in [0.3, 0.4) is 0 Å². The number of likely N-dealkylation sites (tertiary alicyclic amines) is 1. The van der Waals surface area contributed by atoms with Crippen LogP contribution in [0.25, 0.3) is 22.3 Å². The summed E-state index contributed by atoms with van der Waals surface area (Å²) in [6.07, 6.45) is 2.41. The number of piperidine rings is 1. The number of esters is 1. The van der Waals surface area contributed by atoms with Crippen LogP contribution in [-0.4, -0.2) is 67.0 Å². The number of hydrogen-bond acceptors (Lipinski definition) is 8. The van der Waals surface area contributed by atoms with Gasteiger partial charge in [-0.05, 0) is 36.1 Å². The number of nitrogens with one attached hydrogen (secondary N) is 1. The molecule has 0 saturated carbocycles. The highest BCUT2D eigenvalue weighted by molar-refractivity contribution is 6.31. The minimum atomic E-state index is -1.07. The van der Waals surface area contributed by atoms with Crippen LogP contribution < -0.4 is 10.9 Å². The zero-order chi connectivity index (χ0) is 30.0. The smallest absolute Gasteiger partial charge is 0.337 e. The molecule has 0 atom stereocenters. The Hall–Kier alpha value is -4.06. The molecule has 12 heteroatoms. The normalized spacial score (nSPS) is 15.1. The molecule has 2 aromatic carbocycles. The number of amides is 1. The Kier molecular flexibility index (Phi) is 8.44. The summed E-state index contributed by atoms with van der Waals surface area (Å²) < 4.78 is 7.83. The molecule has 1 fully saturated rings. The molecule has 1 aliphatic rings. The Labute approximate surface area is 247 Å². The number of carbonyl (C=O) groups excluding carboxylic acids is 2. The first kappa shape index (κ1) is 29.4. The number of hydrogen-bond donors (Lipinski definition) is 2. The summed E-state index contributed by atoms with van der Waals surface area (Å²) in [7, 11) is 3.10. The van der Waals surface area contributed by atoms with Crippen molar-refractivity contribution in [1.29, 1.82) is 0 Å². The maximum absolute atomic E-state index is 13.4. The van der Waals surface area contributed by atoms with Crippen molar-refractivity contribution in [3.8, 4) is 11.3 Å². The summed E-state index contributed by atoms with van der Waals surface area (Å²) in [4.78, 5) is 43.1. The first-order chi connectivity index (χ1) is 20.1.